The summed E-state index contributed by atoms with van der Waals surface area (Å²) in [4.78, 5) is 0. The summed E-state index contributed by atoms with van der Waals surface area (Å²) in [6, 6.07) is 7.24. The number of hydrogen-bond acceptors (Lipinski definition) is 4. The number of aromatic nitrogens is 2. The number of phenolic OH excluding ortho intramolecular Hbond substituents is 1. The Morgan fingerprint density at radius 2 is 1.95 bits per heavy atom. The van der Waals surface area contributed by atoms with E-state index in [-0.39, 0.29) is 0 Å². The number of nitrogen functional groups attached to an aromatic ring is 1. The topological polar surface area (TPSA) is 76.1 Å². The summed E-state index contributed by atoms with van der Waals surface area (Å²) in [7, 11) is 1.89. The van der Waals surface area contributed by atoms with Gasteiger partial charge in [0.25, 0.3) is 0 Å². The van der Waals surface area contributed by atoms with Crippen molar-refractivity contribution in [1.82, 2.24) is 9.78 Å². The second-order valence-corrected chi connectivity index (χ2v) is 5.27. The Morgan fingerprint density at radius 3 is 2.50 bits per heavy atom. The molecule has 1 heterocycles. The first-order chi connectivity index (χ1) is 9.49. The summed E-state index contributed by atoms with van der Waals surface area (Å²) in [5.74, 6) is 1.47. The highest BCUT2D eigenvalue weighted by Crippen LogP contribution is 2.27. The van der Waals surface area contributed by atoms with Crippen LogP contribution in [0, 0.1) is 0 Å². The molecule has 0 spiro atoms. The Morgan fingerprint density at radius 1 is 1.30 bits per heavy atom. The summed E-state index contributed by atoms with van der Waals surface area (Å²) in [5.41, 5.74) is 8.95. The third kappa shape index (κ3) is 3.04. The second-order valence-electron chi connectivity index (χ2n) is 5.27. The highest BCUT2D eigenvalue weighted by molar-refractivity contribution is 5.65. The van der Waals surface area contributed by atoms with Crippen molar-refractivity contribution in [2.24, 2.45) is 7.05 Å². The molecule has 0 bridgehead atoms. The zero-order chi connectivity index (χ0) is 14.7. The number of aromatic hydroxyl groups is 1. The minimum Gasteiger partial charge on any atom is -0.508 e. The third-order valence-electron chi connectivity index (χ3n) is 3.30. The van der Waals surface area contributed by atoms with Crippen LogP contribution in [0.4, 0.5) is 11.5 Å². The normalized spacial score (nSPS) is 11.0. The van der Waals surface area contributed by atoms with E-state index in [1.165, 1.54) is 5.56 Å². The van der Waals surface area contributed by atoms with Gasteiger partial charge in [0.2, 0.25) is 0 Å². The number of benzene rings is 1. The zero-order valence-corrected chi connectivity index (χ0v) is 12.2. The number of nitrogens with one attached hydrogen (secondary N) is 1. The van der Waals surface area contributed by atoms with Gasteiger partial charge in [-0.2, -0.15) is 5.10 Å². The molecular formula is C15H22N4O. The van der Waals surface area contributed by atoms with E-state index in [4.69, 9.17) is 5.73 Å². The molecule has 0 aliphatic carbocycles. The maximum Gasteiger partial charge on any atom is 0.147 e. The maximum atomic E-state index is 9.24. The predicted octanol–water partition coefficient (Wildman–Crippen LogP) is 2.49. The Bertz CT molecular complexity index is 572. The molecule has 0 aliphatic heterocycles. The SMILES string of the molecule is CC(C)c1nn(C)c(NCCc2ccc(O)cc2)c1N. The van der Waals surface area contributed by atoms with Crippen LogP contribution in [0.25, 0.3) is 0 Å². The van der Waals surface area contributed by atoms with Crippen molar-refractivity contribution in [2.45, 2.75) is 26.2 Å². The summed E-state index contributed by atoms with van der Waals surface area (Å²) in [6.45, 7) is 4.93. The van der Waals surface area contributed by atoms with E-state index >= 15 is 0 Å². The summed E-state index contributed by atoms with van der Waals surface area (Å²) in [5, 5.41) is 17.0. The molecule has 0 radical (unpaired) electrons. The van der Waals surface area contributed by atoms with Gasteiger partial charge in [0.05, 0.1) is 11.4 Å². The summed E-state index contributed by atoms with van der Waals surface area (Å²) >= 11 is 0. The predicted molar refractivity (Wildman–Crippen MR) is 82.0 cm³/mol. The molecule has 0 unspecified atom stereocenters. The number of nitrogens with two attached hydrogens (primary N) is 1. The molecule has 20 heavy (non-hydrogen) atoms. The fourth-order valence-corrected chi connectivity index (χ4v) is 2.19. The Hall–Kier alpha value is -2.17. The molecule has 4 N–H and O–H groups in total. The highest BCUT2D eigenvalue weighted by Gasteiger charge is 2.15. The molecule has 5 heteroatoms. The molecule has 0 aliphatic rings. The van der Waals surface area contributed by atoms with E-state index in [9.17, 15) is 5.11 Å². The Kier molecular flexibility index (Phi) is 4.17. The smallest absolute Gasteiger partial charge is 0.147 e. The minimum atomic E-state index is 0.291. The molecule has 1 aromatic carbocycles. The Balaban J connectivity index is 1.99. The molecule has 0 atom stereocenters. The van der Waals surface area contributed by atoms with E-state index in [1.54, 1.807) is 16.8 Å². The van der Waals surface area contributed by atoms with Crippen molar-refractivity contribution in [3.8, 4) is 5.75 Å². The molecule has 0 saturated heterocycles. The zero-order valence-electron chi connectivity index (χ0n) is 12.2. The monoisotopic (exact) mass is 274 g/mol. The average Bonchev–Trinajstić information content (AvgIpc) is 2.69. The van der Waals surface area contributed by atoms with Crippen LogP contribution in [0.5, 0.6) is 5.75 Å². The fourth-order valence-electron chi connectivity index (χ4n) is 2.19. The van der Waals surface area contributed by atoms with Crippen molar-refractivity contribution in [3.05, 3.63) is 35.5 Å². The van der Waals surface area contributed by atoms with E-state index < -0.39 is 0 Å². The lowest BCUT2D eigenvalue weighted by Gasteiger charge is -2.08. The number of anilines is 2. The van der Waals surface area contributed by atoms with Gasteiger partial charge < -0.3 is 16.2 Å². The third-order valence-corrected chi connectivity index (χ3v) is 3.30. The van der Waals surface area contributed by atoms with Crippen molar-refractivity contribution < 1.29 is 5.11 Å². The van der Waals surface area contributed by atoms with Crippen LogP contribution < -0.4 is 11.1 Å². The summed E-state index contributed by atoms with van der Waals surface area (Å²) < 4.78 is 1.79. The van der Waals surface area contributed by atoms with Gasteiger partial charge in [0, 0.05) is 13.6 Å². The lowest BCUT2D eigenvalue weighted by Crippen LogP contribution is -2.10. The molecule has 108 valence electrons. The number of hydrogen-bond donors (Lipinski definition) is 3. The van der Waals surface area contributed by atoms with Gasteiger partial charge in [0.15, 0.2) is 0 Å². The standard InChI is InChI=1S/C15H22N4O/c1-10(2)14-13(16)15(19(3)18-14)17-9-8-11-4-6-12(20)7-5-11/h4-7,10,17,20H,8-9,16H2,1-3H3. The van der Waals surface area contributed by atoms with Gasteiger partial charge in [-0.25, -0.2) is 0 Å². The molecule has 1 aromatic heterocycles. The second kappa shape index (κ2) is 5.86. The average molecular weight is 274 g/mol. The van der Waals surface area contributed by atoms with Crippen molar-refractivity contribution in [1.29, 1.82) is 0 Å². The lowest BCUT2D eigenvalue weighted by molar-refractivity contribution is 0.475. The maximum absolute atomic E-state index is 9.24. The van der Waals surface area contributed by atoms with Crippen molar-refractivity contribution in [2.75, 3.05) is 17.6 Å². The minimum absolute atomic E-state index is 0.291. The fraction of sp³-hybridized carbons (Fsp3) is 0.400. The number of phenols is 1. The van der Waals surface area contributed by atoms with Crippen LogP contribution in [0.2, 0.25) is 0 Å². The van der Waals surface area contributed by atoms with Crippen LogP contribution in [-0.2, 0) is 13.5 Å². The van der Waals surface area contributed by atoms with Gasteiger partial charge in [-0.15, -0.1) is 0 Å². The first-order valence-electron chi connectivity index (χ1n) is 6.83. The van der Waals surface area contributed by atoms with E-state index in [0.717, 1.165) is 30.2 Å². The van der Waals surface area contributed by atoms with E-state index in [1.807, 2.05) is 19.2 Å². The summed E-state index contributed by atoms with van der Waals surface area (Å²) in [6.07, 6.45) is 0.863. The van der Waals surface area contributed by atoms with Crippen LogP contribution in [-0.4, -0.2) is 21.4 Å². The van der Waals surface area contributed by atoms with Gasteiger partial charge in [-0.3, -0.25) is 4.68 Å². The van der Waals surface area contributed by atoms with Crippen LogP contribution >= 0.6 is 0 Å². The highest BCUT2D eigenvalue weighted by atomic mass is 16.3. The molecule has 0 amide bonds. The first-order valence-corrected chi connectivity index (χ1v) is 6.83. The number of rotatable bonds is 5. The quantitative estimate of drug-likeness (QED) is 0.783. The van der Waals surface area contributed by atoms with Crippen LogP contribution in [0.3, 0.4) is 0 Å². The van der Waals surface area contributed by atoms with E-state index in [0.29, 0.717) is 11.7 Å². The molecule has 0 fully saturated rings. The van der Waals surface area contributed by atoms with Crippen LogP contribution in [0.15, 0.2) is 24.3 Å². The molecular weight excluding hydrogens is 252 g/mol. The molecule has 2 aromatic rings. The van der Waals surface area contributed by atoms with Crippen LogP contribution in [0.1, 0.15) is 31.0 Å². The number of aryl methyl sites for hydroxylation is 1. The molecule has 2 rings (SSSR count). The largest absolute Gasteiger partial charge is 0.508 e. The van der Waals surface area contributed by atoms with Gasteiger partial charge in [-0.05, 0) is 30.0 Å². The Labute approximate surface area is 119 Å². The number of nitrogens with zero attached hydrogens (tertiary/aromatic N) is 2. The van der Waals surface area contributed by atoms with Gasteiger partial charge in [0.1, 0.15) is 11.6 Å². The first kappa shape index (κ1) is 14.2. The van der Waals surface area contributed by atoms with Crippen molar-refractivity contribution >= 4 is 11.5 Å². The van der Waals surface area contributed by atoms with Gasteiger partial charge >= 0.3 is 0 Å². The van der Waals surface area contributed by atoms with Gasteiger partial charge in [-0.1, -0.05) is 26.0 Å². The molecule has 5 nitrogen and oxygen atoms in total. The van der Waals surface area contributed by atoms with Crippen molar-refractivity contribution in [3.63, 3.8) is 0 Å². The molecule has 0 saturated carbocycles. The van der Waals surface area contributed by atoms with E-state index in [2.05, 4.69) is 24.3 Å². The lowest BCUT2D eigenvalue weighted by atomic mass is 10.1.